The SMILES string of the molecule is COc1cccc(OC)c1C(=O)NC(CN)C(C)C. The van der Waals surface area contributed by atoms with E-state index in [1.165, 1.54) is 14.2 Å². The van der Waals surface area contributed by atoms with Gasteiger partial charge < -0.3 is 20.5 Å². The summed E-state index contributed by atoms with van der Waals surface area (Å²) in [4.78, 5) is 12.4. The minimum absolute atomic E-state index is 0.0814. The van der Waals surface area contributed by atoms with Gasteiger partial charge in [0.1, 0.15) is 17.1 Å². The van der Waals surface area contributed by atoms with Crippen LogP contribution in [0.15, 0.2) is 18.2 Å². The van der Waals surface area contributed by atoms with E-state index in [2.05, 4.69) is 5.32 Å². The second-order valence-electron chi connectivity index (χ2n) is 4.60. The van der Waals surface area contributed by atoms with Gasteiger partial charge in [-0.1, -0.05) is 19.9 Å². The van der Waals surface area contributed by atoms with Crippen LogP contribution >= 0.6 is 0 Å². The summed E-state index contributed by atoms with van der Waals surface area (Å²) in [5.41, 5.74) is 6.06. The zero-order chi connectivity index (χ0) is 14.4. The number of methoxy groups -OCH3 is 2. The molecule has 1 unspecified atom stereocenters. The predicted molar refractivity (Wildman–Crippen MR) is 74.7 cm³/mol. The third-order valence-electron chi connectivity index (χ3n) is 3.03. The fraction of sp³-hybridized carbons (Fsp3) is 0.500. The molecule has 5 heteroatoms. The van der Waals surface area contributed by atoms with Gasteiger partial charge in [-0.2, -0.15) is 0 Å². The Hall–Kier alpha value is -1.75. The summed E-state index contributed by atoms with van der Waals surface area (Å²) in [6, 6.07) is 5.15. The number of amides is 1. The molecule has 1 amide bonds. The minimum Gasteiger partial charge on any atom is -0.496 e. The molecular formula is C14H22N2O3. The minimum atomic E-state index is -0.238. The Morgan fingerprint density at radius 1 is 1.26 bits per heavy atom. The van der Waals surface area contributed by atoms with E-state index in [9.17, 15) is 4.79 Å². The molecule has 0 fully saturated rings. The Morgan fingerprint density at radius 2 is 1.79 bits per heavy atom. The number of hydrogen-bond acceptors (Lipinski definition) is 4. The summed E-state index contributed by atoms with van der Waals surface area (Å²) in [6.07, 6.45) is 0. The smallest absolute Gasteiger partial charge is 0.259 e. The summed E-state index contributed by atoms with van der Waals surface area (Å²) in [5.74, 6) is 0.987. The average Bonchev–Trinajstić information content (AvgIpc) is 2.42. The van der Waals surface area contributed by atoms with Gasteiger partial charge in [0, 0.05) is 12.6 Å². The van der Waals surface area contributed by atoms with E-state index in [-0.39, 0.29) is 17.9 Å². The molecule has 0 aromatic heterocycles. The number of carbonyl (C=O) groups excluding carboxylic acids is 1. The molecule has 0 radical (unpaired) electrons. The molecule has 0 aliphatic rings. The van der Waals surface area contributed by atoms with E-state index in [1.807, 2.05) is 13.8 Å². The Kier molecular flexibility index (Phi) is 5.63. The fourth-order valence-corrected chi connectivity index (χ4v) is 1.81. The number of nitrogens with one attached hydrogen (secondary N) is 1. The molecule has 0 aliphatic carbocycles. The molecule has 1 rings (SSSR count). The van der Waals surface area contributed by atoms with Crippen LogP contribution in [0.3, 0.4) is 0 Å². The lowest BCUT2D eigenvalue weighted by atomic mass is 10.0. The first-order valence-electron chi connectivity index (χ1n) is 6.27. The molecule has 5 nitrogen and oxygen atoms in total. The molecule has 0 bridgehead atoms. The normalized spacial score (nSPS) is 12.1. The highest BCUT2D eigenvalue weighted by Crippen LogP contribution is 2.28. The van der Waals surface area contributed by atoms with E-state index in [0.717, 1.165) is 0 Å². The average molecular weight is 266 g/mol. The first-order valence-corrected chi connectivity index (χ1v) is 6.27. The van der Waals surface area contributed by atoms with E-state index in [0.29, 0.717) is 23.6 Å². The van der Waals surface area contributed by atoms with Gasteiger partial charge in [0.05, 0.1) is 14.2 Å². The molecule has 106 valence electrons. The van der Waals surface area contributed by atoms with Crippen molar-refractivity contribution in [3.8, 4) is 11.5 Å². The number of nitrogens with two attached hydrogens (primary N) is 1. The van der Waals surface area contributed by atoms with Crippen molar-refractivity contribution in [1.82, 2.24) is 5.32 Å². The van der Waals surface area contributed by atoms with Gasteiger partial charge in [-0.3, -0.25) is 4.79 Å². The van der Waals surface area contributed by atoms with Crippen molar-refractivity contribution in [3.05, 3.63) is 23.8 Å². The summed E-state index contributed by atoms with van der Waals surface area (Å²) < 4.78 is 10.4. The first-order chi connectivity index (χ1) is 9.04. The van der Waals surface area contributed by atoms with Crippen LogP contribution in [0.2, 0.25) is 0 Å². The van der Waals surface area contributed by atoms with Crippen molar-refractivity contribution >= 4 is 5.91 Å². The van der Waals surface area contributed by atoms with Gasteiger partial charge in [0.15, 0.2) is 0 Å². The molecule has 1 atom stereocenters. The first kappa shape index (κ1) is 15.3. The molecule has 3 N–H and O–H groups in total. The third-order valence-corrected chi connectivity index (χ3v) is 3.03. The lowest BCUT2D eigenvalue weighted by Gasteiger charge is -2.21. The van der Waals surface area contributed by atoms with Crippen LogP contribution in [-0.4, -0.2) is 32.7 Å². The quantitative estimate of drug-likeness (QED) is 0.816. The predicted octanol–water partition coefficient (Wildman–Crippen LogP) is 1.42. The molecule has 1 aromatic carbocycles. The van der Waals surface area contributed by atoms with Crippen LogP contribution < -0.4 is 20.5 Å². The third kappa shape index (κ3) is 3.61. The summed E-state index contributed by atoms with van der Waals surface area (Å²) in [5, 5.41) is 2.91. The number of rotatable bonds is 6. The molecule has 19 heavy (non-hydrogen) atoms. The molecule has 0 heterocycles. The van der Waals surface area contributed by atoms with Crippen LogP contribution in [0.1, 0.15) is 24.2 Å². The van der Waals surface area contributed by atoms with Gasteiger partial charge in [0.2, 0.25) is 0 Å². The Bertz CT molecular complexity index is 410. The maximum absolute atomic E-state index is 12.4. The van der Waals surface area contributed by atoms with Crippen LogP contribution in [0.5, 0.6) is 11.5 Å². The zero-order valence-electron chi connectivity index (χ0n) is 11.9. The molecular weight excluding hydrogens is 244 g/mol. The van der Waals surface area contributed by atoms with E-state index < -0.39 is 0 Å². The standard InChI is InChI=1S/C14H22N2O3/c1-9(2)10(8-15)16-14(17)13-11(18-3)6-5-7-12(13)19-4/h5-7,9-10H,8,15H2,1-4H3,(H,16,17). The van der Waals surface area contributed by atoms with Crippen molar-refractivity contribution in [1.29, 1.82) is 0 Å². The van der Waals surface area contributed by atoms with E-state index in [4.69, 9.17) is 15.2 Å². The van der Waals surface area contributed by atoms with Crippen molar-refractivity contribution in [2.75, 3.05) is 20.8 Å². The van der Waals surface area contributed by atoms with Crippen molar-refractivity contribution in [2.45, 2.75) is 19.9 Å². The van der Waals surface area contributed by atoms with Gasteiger partial charge in [-0.05, 0) is 18.1 Å². The van der Waals surface area contributed by atoms with Gasteiger partial charge in [-0.25, -0.2) is 0 Å². The summed E-state index contributed by atoms with van der Waals surface area (Å²) >= 11 is 0. The van der Waals surface area contributed by atoms with E-state index >= 15 is 0 Å². The van der Waals surface area contributed by atoms with Crippen LogP contribution in [0.25, 0.3) is 0 Å². The highest BCUT2D eigenvalue weighted by atomic mass is 16.5. The van der Waals surface area contributed by atoms with Gasteiger partial charge >= 0.3 is 0 Å². The van der Waals surface area contributed by atoms with Crippen LogP contribution in [-0.2, 0) is 0 Å². The van der Waals surface area contributed by atoms with Gasteiger partial charge in [0.25, 0.3) is 5.91 Å². The summed E-state index contributed by atoms with van der Waals surface area (Å²) in [7, 11) is 3.04. The largest absolute Gasteiger partial charge is 0.496 e. The van der Waals surface area contributed by atoms with Crippen LogP contribution in [0.4, 0.5) is 0 Å². The van der Waals surface area contributed by atoms with Crippen LogP contribution in [0, 0.1) is 5.92 Å². The molecule has 0 spiro atoms. The lowest BCUT2D eigenvalue weighted by molar-refractivity contribution is 0.0921. The Balaban J connectivity index is 3.04. The molecule has 0 aliphatic heterocycles. The highest BCUT2D eigenvalue weighted by Gasteiger charge is 2.21. The maximum atomic E-state index is 12.4. The number of hydrogen-bond donors (Lipinski definition) is 2. The topological polar surface area (TPSA) is 73.6 Å². The fourth-order valence-electron chi connectivity index (χ4n) is 1.81. The zero-order valence-corrected chi connectivity index (χ0v) is 11.9. The van der Waals surface area contributed by atoms with Crippen molar-refractivity contribution < 1.29 is 14.3 Å². The van der Waals surface area contributed by atoms with Crippen molar-refractivity contribution in [2.24, 2.45) is 11.7 Å². The summed E-state index contributed by atoms with van der Waals surface area (Å²) in [6.45, 7) is 4.41. The Labute approximate surface area is 114 Å². The molecule has 0 saturated heterocycles. The van der Waals surface area contributed by atoms with E-state index in [1.54, 1.807) is 18.2 Å². The lowest BCUT2D eigenvalue weighted by Crippen LogP contribution is -2.43. The maximum Gasteiger partial charge on any atom is 0.259 e. The number of benzene rings is 1. The number of carbonyl (C=O) groups is 1. The molecule has 0 saturated carbocycles. The monoisotopic (exact) mass is 266 g/mol. The second-order valence-corrected chi connectivity index (χ2v) is 4.60. The second kappa shape index (κ2) is 6.99. The molecule has 1 aromatic rings. The highest BCUT2D eigenvalue weighted by molar-refractivity contribution is 5.99. The Morgan fingerprint density at radius 3 is 2.16 bits per heavy atom. The number of ether oxygens (including phenoxy) is 2. The van der Waals surface area contributed by atoms with Gasteiger partial charge in [-0.15, -0.1) is 0 Å². The van der Waals surface area contributed by atoms with Crippen molar-refractivity contribution in [3.63, 3.8) is 0 Å².